The van der Waals surface area contributed by atoms with Crippen LogP contribution < -0.4 is 5.32 Å². The van der Waals surface area contributed by atoms with Gasteiger partial charge in [-0.3, -0.25) is 9.36 Å². The smallest absolute Gasteiger partial charge is 0.253 e. The number of hydrogen-bond donors (Lipinski definition) is 1. The van der Waals surface area contributed by atoms with E-state index < -0.39 is 0 Å². The SMILES string of the molecule is Cc1nc2cc(C(=O)N3CC[C@@H]4CNC[C@@H]4CC3)ccc2n1-c1ccccc1.Cl.Cl. The normalized spacial score (nSPS) is 20.8. The molecule has 2 aliphatic rings. The number of carbonyl (C=O) groups excluding carboxylic acids is 1. The maximum atomic E-state index is 13.2. The number of nitrogens with one attached hydrogen (secondary N) is 1. The molecule has 2 atom stereocenters. The van der Waals surface area contributed by atoms with Crippen LogP contribution in [0.4, 0.5) is 0 Å². The van der Waals surface area contributed by atoms with Crippen LogP contribution in [0.25, 0.3) is 16.7 Å². The van der Waals surface area contributed by atoms with Crippen molar-refractivity contribution in [1.82, 2.24) is 19.8 Å². The third-order valence-corrected chi connectivity index (χ3v) is 6.39. The van der Waals surface area contributed by atoms with Crippen LogP contribution in [0.15, 0.2) is 48.5 Å². The van der Waals surface area contributed by atoms with Gasteiger partial charge in [0.2, 0.25) is 0 Å². The van der Waals surface area contributed by atoms with E-state index in [9.17, 15) is 4.79 Å². The first-order valence-corrected chi connectivity index (χ1v) is 10.3. The second-order valence-electron chi connectivity index (χ2n) is 8.08. The number of aryl methyl sites for hydroxylation is 1. The molecule has 2 aliphatic heterocycles. The van der Waals surface area contributed by atoms with Crippen molar-refractivity contribution in [2.45, 2.75) is 19.8 Å². The van der Waals surface area contributed by atoms with Gasteiger partial charge in [0.05, 0.1) is 11.0 Å². The maximum Gasteiger partial charge on any atom is 0.253 e. The highest BCUT2D eigenvalue weighted by Crippen LogP contribution is 2.28. The lowest BCUT2D eigenvalue weighted by molar-refractivity contribution is 0.0758. The number of likely N-dealkylation sites (tertiary alicyclic amines) is 1. The average Bonchev–Trinajstić information content (AvgIpc) is 3.24. The molecule has 2 aromatic carbocycles. The van der Waals surface area contributed by atoms with Crippen LogP contribution in [0.2, 0.25) is 0 Å². The molecule has 5 rings (SSSR count). The van der Waals surface area contributed by atoms with Crippen molar-refractivity contribution < 1.29 is 4.79 Å². The molecule has 0 saturated carbocycles. The third kappa shape index (κ3) is 4.07. The summed E-state index contributed by atoms with van der Waals surface area (Å²) >= 11 is 0. The van der Waals surface area contributed by atoms with Crippen molar-refractivity contribution in [3.63, 3.8) is 0 Å². The minimum absolute atomic E-state index is 0. The van der Waals surface area contributed by atoms with Gasteiger partial charge in [-0.25, -0.2) is 4.98 Å². The van der Waals surface area contributed by atoms with Crippen molar-refractivity contribution in [3.05, 3.63) is 59.9 Å². The van der Waals surface area contributed by atoms with Crippen molar-refractivity contribution in [3.8, 4) is 5.69 Å². The molecule has 0 bridgehead atoms. The van der Waals surface area contributed by atoms with E-state index in [0.717, 1.165) is 79.0 Å². The zero-order chi connectivity index (χ0) is 19.1. The standard InChI is InChI=1S/C23H26N4O.2ClH/c1-16-25-21-13-17(7-8-22(21)27(16)20-5-3-2-4-6-20)23(28)26-11-9-18-14-24-15-19(18)10-12-26;;/h2-8,13,18-19,24H,9-12,14-15H2,1H3;2*1H/t18-,19+;;. The predicted octanol–water partition coefficient (Wildman–Crippen LogP) is 4.25. The topological polar surface area (TPSA) is 50.2 Å². The Labute approximate surface area is 189 Å². The highest BCUT2D eigenvalue weighted by atomic mass is 35.5. The Morgan fingerprint density at radius 3 is 2.33 bits per heavy atom. The molecule has 0 spiro atoms. The molecular weight excluding hydrogens is 419 g/mol. The summed E-state index contributed by atoms with van der Waals surface area (Å²) in [5, 5.41) is 3.49. The number of rotatable bonds is 2. The minimum Gasteiger partial charge on any atom is -0.339 e. The molecule has 30 heavy (non-hydrogen) atoms. The molecule has 0 radical (unpaired) electrons. The number of imidazole rings is 1. The van der Waals surface area contributed by atoms with Gasteiger partial charge in [0.15, 0.2) is 0 Å². The fraction of sp³-hybridized carbons (Fsp3) is 0.391. The minimum atomic E-state index is 0. The largest absolute Gasteiger partial charge is 0.339 e. The summed E-state index contributed by atoms with van der Waals surface area (Å²) in [5.41, 5.74) is 3.75. The van der Waals surface area contributed by atoms with Crippen molar-refractivity contribution in [1.29, 1.82) is 0 Å². The molecule has 0 unspecified atom stereocenters. The molecule has 1 aromatic heterocycles. The van der Waals surface area contributed by atoms with E-state index in [1.807, 2.05) is 48.2 Å². The van der Waals surface area contributed by atoms with Gasteiger partial charge >= 0.3 is 0 Å². The maximum absolute atomic E-state index is 13.2. The number of fused-ring (bicyclic) bond motifs is 2. The molecule has 1 amide bonds. The number of para-hydroxylation sites is 1. The second-order valence-corrected chi connectivity index (χ2v) is 8.08. The zero-order valence-electron chi connectivity index (χ0n) is 17.1. The number of halogens is 2. The first kappa shape index (κ1) is 22.6. The van der Waals surface area contributed by atoms with Gasteiger partial charge in [-0.1, -0.05) is 18.2 Å². The van der Waals surface area contributed by atoms with Crippen LogP contribution in [-0.2, 0) is 0 Å². The quantitative estimate of drug-likeness (QED) is 0.639. The molecule has 5 nitrogen and oxygen atoms in total. The predicted molar refractivity (Wildman–Crippen MR) is 125 cm³/mol. The molecule has 160 valence electrons. The monoisotopic (exact) mass is 446 g/mol. The first-order chi connectivity index (χ1) is 13.7. The van der Waals surface area contributed by atoms with E-state index in [4.69, 9.17) is 4.98 Å². The summed E-state index contributed by atoms with van der Waals surface area (Å²) in [6.45, 7) is 5.94. The lowest BCUT2D eigenvalue weighted by Gasteiger charge is -2.21. The Balaban J connectivity index is 0.00000128. The van der Waals surface area contributed by atoms with E-state index in [2.05, 4.69) is 22.0 Å². The van der Waals surface area contributed by atoms with E-state index in [-0.39, 0.29) is 30.7 Å². The third-order valence-electron chi connectivity index (χ3n) is 6.39. The van der Waals surface area contributed by atoms with Gasteiger partial charge in [-0.15, -0.1) is 24.8 Å². The number of nitrogens with zero attached hydrogens (tertiary/aromatic N) is 3. The Bertz CT molecular complexity index is 1010. The van der Waals surface area contributed by atoms with Gasteiger partial charge in [0.25, 0.3) is 5.91 Å². The molecule has 3 aromatic rings. The summed E-state index contributed by atoms with van der Waals surface area (Å²) in [5.74, 6) is 2.52. The first-order valence-electron chi connectivity index (χ1n) is 10.3. The van der Waals surface area contributed by atoms with Gasteiger partial charge in [-0.2, -0.15) is 0 Å². The van der Waals surface area contributed by atoms with Crippen LogP contribution in [0, 0.1) is 18.8 Å². The van der Waals surface area contributed by atoms with E-state index in [0.29, 0.717) is 0 Å². The van der Waals surface area contributed by atoms with E-state index in [1.165, 1.54) is 0 Å². The highest BCUT2D eigenvalue weighted by molar-refractivity contribution is 5.97. The van der Waals surface area contributed by atoms with Crippen molar-refractivity contribution >= 4 is 41.8 Å². The van der Waals surface area contributed by atoms with Crippen LogP contribution >= 0.6 is 24.8 Å². The molecule has 7 heteroatoms. The molecule has 0 aliphatic carbocycles. The van der Waals surface area contributed by atoms with E-state index in [1.54, 1.807) is 0 Å². The number of carbonyl (C=O) groups is 1. The van der Waals surface area contributed by atoms with Gasteiger partial charge in [-0.05, 0) is 75.0 Å². The molecular formula is C23H28Cl2N4O. The van der Waals surface area contributed by atoms with Gasteiger partial charge in [0, 0.05) is 24.3 Å². The number of aromatic nitrogens is 2. The summed E-state index contributed by atoms with van der Waals surface area (Å²) in [6, 6.07) is 16.2. The lowest BCUT2D eigenvalue weighted by Crippen LogP contribution is -2.32. The molecule has 3 heterocycles. The highest BCUT2D eigenvalue weighted by Gasteiger charge is 2.31. The Morgan fingerprint density at radius 1 is 1.00 bits per heavy atom. The van der Waals surface area contributed by atoms with Crippen molar-refractivity contribution in [2.75, 3.05) is 26.2 Å². The van der Waals surface area contributed by atoms with Crippen LogP contribution in [0.5, 0.6) is 0 Å². The van der Waals surface area contributed by atoms with E-state index >= 15 is 0 Å². The average molecular weight is 447 g/mol. The molecule has 1 N–H and O–H groups in total. The van der Waals surface area contributed by atoms with Gasteiger partial charge in [0.1, 0.15) is 5.82 Å². The number of amides is 1. The van der Waals surface area contributed by atoms with Crippen LogP contribution in [0.1, 0.15) is 29.0 Å². The summed E-state index contributed by atoms with van der Waals surface area (Å²) < 4.78 is 2.14. The van der Waals surface area contributed by atoms with Gasteiger partial charge < -0.3 is 10.2 Å². The fourth-order valence-corrected chi connectivity index (χ4v) is 4.84. The summed E-state index contributed by atoms with van der Waals surface area (Å²) in [4.78, 5) is 19.9. The Morgan fingerprint density at radius 2 is 1.67 bits per heavy atom. The summed E-state index contributed by atoms with van der Waals surface area (Å²) in [7, 11) is 0. The van der Waals surface area contributed by atoms with Crippen molar-refractivity contribution in [2.24, 2.45) is 11.8 Å². The Hall–Kier alpha value is -2.08. The second kappa shape index (κ2) is 9.38. The molecule has 2 fully saturated rings. The zero-order valence-corrected chi connectivity index (χ0v) is 18.7. The van der Waals surface area contributed by atoms with Crippen LogP contribution in [0.3, 0.4) is 0 Å². The number of benzene rings is 2. The Kier molecular flexibility index (Phi) is 7.06. The number of hydrogen-bond acceptors (Lipinski definition) is 3. The lowest BCUT2D eigenvalue weighted by atomic mass is 9.92. The summed E-state index contributed by atoms with van der Waals surface area (Å²) in [6.07, 6.45) is 2.21. The van der Waals surface area contributed by atoms with Crippen LogP contribution in [-0.4, -0.2) is 46.5 Å². The fourth-order valence-electron chi connectivity index (χ4n) is 4.84. The molecule has 2 saturated heterocycles.